The van der Waals surface area contributed by atoms with Crippen molar-refractivity contribution in [1.82, 2.24) is 9.88 Å². The number of likely N-dealkylation sites (tertiary alicyclic amines) is 1. The number of piperidine rings is 1. The smallest absolute Gasteiger partial charge is 0.236 e. The van der Waals surface area contributed by atoms with Crippen molar-refractivity contribution in [2.24, 2.45) is 0 Å². The van der Waals surface area contributed by atoms with Gasteiger partial charge < -0.3 is 10.2 Å². The standard InChI is InChI=1S/C12H13N3O2/c16-8-15-6-3-12(4-7-15)9-2-1-5-13-10(9)14-11(12)17/h1-2,5,8H,3-4,6-7H2,(H,13,14,17). The summed E-state index contributed by atoms with van der Waals surface area (Å²) in [5.41, 5.74) is 0.513. The van der Waals surface area contributed by atoms with Crippen LogP contribution in [0.4, 0.5) is 5.82 Å². The molecule has 1 fully saturated rings. The van der Waals surface area contributed by atoms with Crippen molar-refractivity contribution in [1.29, 1.82) is 0 Å². The van der Waals surface area contributed by atoms with Crippen molar-refractivity contribution in [2.45, 2.75) is 18.3 Å². The third kappa shape index (κ3) is 1.35. The van der Waals surface area contributed by atoms with Crippen molar-refractivity contribution in [3.63, 3.8) is 0 Å². The van der Waals surface area contributed by atoms with Crippen LogP contribution >= 0.6 is 0 Å². The molecular weight excluding hydrogens is 218 g/mol. The molecule has 2 aliphatic heterocycles. The summed E-state index contributed by atoms with van der Waals surface area (Å²) in [5.74, 6) is 0.703. The molecule has 1 aromatic heterocycles. The van der Waals surface area contributed by atoms with Crippen molar-refractivity contribution >= 4 is 18.1 Å². The fourth-order valence-corrected chi connectivity index (χ4v) is 2.75. The summed E-state index contributed by atoms with van der Waals surface area (Å²) in [6.07, 6.45) is 3.88. The van der Waals surface area contributed by atoms with E-state index < -0.39 is 5.41 Å². The average molecular weight is 231 g/mol. The summed E-state index contributed by atoms with van der Waals surface area (Å²) in [6.45, 7) is 1.26. The van der Waals surface area contributed by atoms with Crippen LogP contribution < -0.4 is 5.32 Å². The van der Waals surface area contributed by atoms with Crippen molar-refractivity contribution < 1.29 is 9.59 Å². The van der Waals surface area contributed by atoms with Crippen LogP contribution in [0, 0.1) is 0 Å². The number of fused-ring (bicyclic) bond motifs is 2. The van der Waals surface area contributed by atoms with E-state index in [1.165, 1.54) is 0 Å². The molecule has 1 saturated heterocycles. The number of amides is 2. The van der Waals surface area contributed by atoms with E-state index in [0.717, 1.165) is 12.0 Å². The van der Waals surface area contributed by atoms with E-state index in [0.29, 0.717) is 31.7 Å². The molecule has 0 atom stereocenters. The second kappa shape index (κ2) is 3.55. The Morgan fingerprint density at radius 2 is 2.18 bits per heavy atom. The molecular formula is C12H13N3O2. The van der Waals surface area contributed by atoms with Gasteiger partial charge in [-0.1, -0.05) is 6.07 Å². The molecule has 2 aliphatic rings. The van der Waals surface area contributed by atoms with Crippen LogP contribution in [-0.2, 0) is 15.0 Å². The molecule has 5 heteroatoms. The molecule has 2 amide bonds. The second-order valence-corrected chi connectivity index (χ2v) is 4.58. The first-order valence-electron chi connectivity index (χ1n) is 5.72. The summed E-state index contributed by atoms with van der Waals surface area (Å²) in [7, 11) is 0. The minimum absolute atomic E-state index is 0.0248. The van der Waals surface area contributed by atoms with Gasteiger partial charge in [-0.25, -0.2) is 4.98 Å². The van der Waals surface area contributed by atoms with Crippen LogP contribution in [0.3, 0.4) is 0 Å². The quantitative estimate of drug-likeness (QED) is 0.717. The summed E-state index contributed by atoms with van der Waals surface area (Å²) < 4.78 is 0. The van der Waals surface area contributed by atoms with Gasteiger partial charge >= 0.3 is 0 Å². The third-order valence-corrected chi connectivity index (χ3v) is 3.79. The van der Waals surface area contributed by atoms with Crippen molar-refractivity contribution in [2.75, 3.05) is 18.4 Å². The van der Waals surface area contributed by atoms with Crippen LogP contribution in [0.1, 0.15) is 18.4 Å². The highest BCUT2D eigenvalue weighted by Gasteiger charge is 2.48. The highest BCUT2D eigenvalue weighted by Crippen LogP contribution is 2.43. The van der Waals surface area contributed by atoms with Gasteiger partial charge in [-0.05, 0) is 18.9 Å². The number of hydrogen-bond donors (Lipinski definition) is 1. The predicted molar refractivity (Wildman–Crippen MR) is 61.4 cm³/mol. The molecule has 88 valence electrons. The summed E-state index contributed by atoms with van der Waals surface area (Å²) >= 11 is 0. The number of nitrogens with zero attached hydrogens (tertiary/aromatic N) is 2. The lowest BCUT2D eigenvalue weighted by atomic mass is 9.74. The van der Waals surface area contributed by atoms with E-state index in [1.807, 2.05) is 12.1 Å². The number of carbonyl (C=O) groups is 2. The SMILES string of the molecule is O=CN1CCC2(CC1)C(=O)Nc1ncccc12. The molecule has 3 heterocycles. The lowest BCUT2D eigenvalue weighted by Gasteiger charge is -2.35. The predicted octanol–water partition coefficient (Wildman–Crippen LogP) is 0.524. The largest absolute Gasteiger partial charge is 0.345 e. The normalized spacial score (nSPS) is 21.2. The van der Waals surface area contributed by atoms with E-state index in [9.17, 15) is 9.59 Å². The summed E-state index contributed by atoms with van der Waals surface area (Å²) in [5, 5.41) is 2.83. The Kier molecular flexibility index (Phi) is 2.14. The molecule has 1 aromatic rings. The van der Waals surface area contributed by atoms with Gasteiger partial charge in [0.2, 0.25) is 12.3 Å². The molecule has 0 bridgehead atoms. The Bertz CT molecular complexity index is 478. The van der Waals surface area contributed by atoms with Gasteiger partial charge in [0.25, 0.3) is 0 Å². The van der Waals surface area contributed by atoms with E-state index in [2.05, 4.69) is 10.3 Å². The first-order valence-corrected chi connectivity index (χ1v) is 5.72. The van der Waals surface area contributed by atoms with Crippen LogP contribution in [0.5, 0.6) is 0 Å². The van der Waals surface area contributed by atoms with Gasteiger partial charge in [0.1, 0.15) is 5.82 Å². The Hall–Kier alpha value is -1.91. The third-order valence-electron chi connectivity index (χ3n) is 3.79. The van der Waals surface area contributed by atoms with Gasteiger partial charge in [-0.2, -0.15) is 0 Å². The summed E-state index contributed by atoms with van der Waals surface area (Å²) in [4.78, 5) is 28.7. The van der Waals surface area contributed by atoms with Crippen molar-refractivity contribution in [3.8, 4) is 0 Å². The van der Waals surface area contributed by atoms with Crippen LogP contribution in [0.15, 0.2) is 18.3 Å². The molecule has 0 saturated carbocycles. The lowest BCUT2D eigenvalue weighted by molar-refractivity contribution is -0.126. The fourth-order valence-electron chi connectivity index (χ4n) is 2.75. The van der Waals surface area contributed by atoms with E-state index in [-0.39, 0.29) is 5.91 Å². The molecule has 17 heavy (non-hydrogen) atoms. The maximum atomic E-state index is 12.1. The van der Waals surface area contributed by atoms with Crippen LogP contribution in [0.2, 0.25) is 0 Å². The molecule has 0 aliphatic carbocycles. The second-order valence-electron chi connectivity index (χ2n) is 4.58. The number of hydrogen-bond acceptors (Lipinski definition) is 3. The minimum atomic E-state index is -0.469. The molecule has 1 N–H and O–H groups in total. The first kappa shape index (κ1) is 10.3. The zero-order valence-electron chi connectivity index (χ0n) is 9.35. The van der Waals surface area contributed by atoms with Gasteiger partial charge in [-0.15, -0.1) is 0 Å². The molecule has 0 unspecified atom stereocenters. The van der Waals surface area contributed by atoms with Gasteiger partial charge in [0.05, 0.1) is 5.41 Å². The Morgan fingerprint density at radius 1 is 1.41 bits per heavy atom. The molecule has 0 radical (unpaired) electrons. The number of carbonyl (C=O) groups excluding carboxylic acids is 2. The topological polar surface area (TPSA) is 62.3 Å². The van der Waals surface area contributed by atoms with Crippen LogP contribution in [-0.4, -0.2) is 35.3 Å². The van der Waals surface area contributed by atoms with Gasteiger partial charge in [-0.3, -0.25) is 9.59 Å². The minimum Gasteiger partial charge on any atom is -0.345 e. The molecule has 1 spiro atoms. The Balaban J connectivity index is 1.98. The maximum Gasteiger partial charge on any atom is 0.236 e. The van der Waals surface area contributed by atoms with Crippen molar-refractivity contribution in [3.05, 3.63) is 23.9 Å². The average Bonchev–Trinajstić information content (AvgIpc) is 2.64. The van der Waals surface area contributed by atoms with Gasteiger partial charge in [0, 0.05) is 24.8 Å². The number of anilines is 1. The monoisotopic (exact) mass is 231 g/mol. The van der Waals surface area contributed by atoms with Crippen LogP contribution in [0.25, 0.3) is 0 Å². The number of nitrogens with one attached hydrogen (secondary N) is 1. The lowest BCUT2D eigenvalue weighted by Crippen LogP contribution is -2.45. The highest BCUT2D eigenvalue weighted by molar-refractivity contribution is 6.05. The maximum absolute atomic E-state index is 12.1. The summed E-state index contributed by atoms with van der Waals surface area (Å²) in [6, 6.07) is 3.81. The molecule has 3 rings (SSSR count). The molecule has 0 aromatic carbocycles. The zero-order valence-corrected chi connectivity index (χ0v) is 9.35. The highest BCUT2D eigenvalue weighted by atomic mass is 16.2. The first-order chi connectivity index (χ1) is 8.26. The Labute approximate surface area is 98.8 Å². The fraction of sp³-hybridized carbons (Fsp3) is 0.417. The van der Waals surface area contributed by atoms with Gasteiger partial charge in [0.15, 0.2) is 0 Å². The number of rotatable bonds is 1. The zero-order chi connectivity index (χ0) is 11.9. The Morgan fingerprint density at radius 3 is 2.88 bits per heavy atom. The number of aromatic nitrogens is 1. The van der Waals surface area contributed by atoms with E-state index in [1.54, 1.807) is 11.1 Å². The van der Waals surface area contributed by atoms with E-state index in [4.69, 9.17) is 0 Å². The number of pyridine rings is 1. The van der Waals surface area contributed by atoms with E-state index >= 15 is 0 Å². The molecule has 5 nitrogen and oxygen atoms in total.